The van der Waals surface area contributed by atoms with Crippen molar-refractivity contribution >= 4 is 11.8 Å². The molecule has 0 aromatic heterocycles. The van der Waals surface area contributed by atoms with E-state index in [0.29, 0.717) is 42.4 Å². The summed E-state index contributed by atoms with van der Waals surface area (Å²) in [5.41, 5.74) is 0.515. The average Bonchev–Trinajstić information content (AvgIpc) is 3.06. The Kier molecular flexibility index (Phi) is 6.59. The van der Waals surface area contributed by atoms with Crippen LogP contribution in [0, 0.1) is 46.8 Å². The minimum atomic E-state index is -0.823. The number of carbonyl (C=O) groups is 2. The third kappa shape index (κ3) is 3.71. The molecule has 6 atom stereocenters. The van der Waals surface area contributed by atoms with Crippen molar-refractivity contribution in [1.82, 2.24) is 4.90 Å². The quantitative estimate of drug-likeness (QED) is 0.222. The van der Waals surface area contributed by atoms with Crippen molar-refractivity contribution in [3.63, 3.8) is 0 Å². The van der Waals surface area contributed by atoms with E-state index in [-0.39, 0.29) is 40.8 Å². The first-order chi connectivity index (χ1) is 15.2. The Hall–Kier alpha value is -1.26. The van der Waals surface area contributed by atoms with Crippen LogP contribution in [0.1, 0.15) is 65.2 Å². The molecule has 33 heavy (non-hydrogen) atoms. The van der Waals surface area contributed by atoms with Crippen molar-refractivity contribution in [2.45, 2.75) is 70.8 Å². The van der Waals surface area contributed by atoms with Crippen molar-refractivity contribution in [1.29, 1.82) is 0 Å². The van der Waals surface area contributed by atoms with Crippen LogP contribution in [0.3, 0.4) is 0 Å². The fraction of sp³-hybridized carbons (Fsp3) is 0.679. The van der Waals surface area contributed by atoms with Crippen LogP contribution in [0.5, 0.6) is 0 Å². The molecular formula is C28H36INO3. The summed E-state index contributed by atoms with van der Waals surface area (Å²) in [6.07, 6.45) is 19.7. The number of fused-ring (bicyclic) bond motifs is 5. The monoisotopic (exact) mass is 561 g/mol. The van der Waals surface area contributed by atoms with E-state index in [1.54, 1.807) is 0 Å². The summed E-state index contributed by atoms with van der Waals surface area (Å²) in [5.74, 6) is 5.42. The number of esters is 1. The zero-order chi connectivity index (χ0) is 22.7. The minimum absolute atomic E-state index is 0. The van der Waals surface area contributed by atoms with Gasteiger partial charge in [0.15, 0.2) is 17.3 Å². The Morgan fingerprint density at radius 2 is 1.94 bits per heavy atom. The van der Waals surface area contributed by atoms with Gasteiger partial charge in [-0.2, -0.15) is 0 Å². The molecule has 0 N–H and O–H groups in total. The van der Waals surface area contributed by atoms with Crippen molar-refractivity contribution in [2.24, 2.45) is 28.6 Å². The molecule has 3 fully saturated rings. The third-order valence-electron chi connectivity index (χ3n) is 10.0. The summed E-state index contributed by atoms with van der Waals surface area (Å²) in [7, 11) is 2.01. The number of hydrogen-bond acceptors (Lipinski definition) is 4. The largest absolute Gasteiger partial charge is 1.00 e. The molecule has 0 spiro atoms. The number of allylic oxidation sites excluding steroid dienone is 1. The van der Waals surface area contributed by atoms with Gasteiger partial charge in [0.1, 0.15) is 12.6 Å². The van der Waals surface area contributed by atoms with E-state index in [2.05, 4.69) is 24.7 Å². The van der Waals surface area contributed by atoms with Crippen LogP contribution < -0.4 is 24.0 Å². The number of carbonyl (C=O) groups excluding carboxylic acids is 2. The molecule has 178 valence electrons. The van der Waals surface area contributed by atoms with Crippen molar-refractivity contribution in [3.05, 3.63) is 29.7 Å². The van der Waals surface area contributed by atoms with E-state index in [1.807, 2.05) is 25.3 Å². The second kappa shape index (κ2) is 8.75. The number of hydrogen-bond donors (Lipinski definition) is 0. The topological polar surface area (TPSA) is 46.6 Å². The second-order valence-electron chi connectivity index (χ2n) is 11.4. The Morgan fingerprint density at radius 1 is 1.18 bits per heavy atom. The predicted molar refractivity (Wildman–Crippen MR) is 124 cm³/mol. The van der Waals surface area contributed by atoms with Gasteiger partial charge in [0, 0.05) is 11.8 Å². The van der Waals surface area contributed by atoms with Crippen LogP contribution in [0.15, 0.2) is 23.8 Å². The predicted octanol–water partition coefficient (Wildman–Crippen LogP) is 1.51. The van der Waals surface area contributed by atoms with E-state index in [0.717, 1.165) is 51.5 Å². The van der Waals surface area contributed by atoms with Gasteiger partial charge in [0.25, 0.3) is 0 Å². The Bertz CT molecular complexity index is 934. The van der Waals surface area contributed by atoms with Gasteiger partial charge in [-0.25, -0.2) is 4.79 Å². The van der Waals surface area contributed by atoms with Crippen molar-refractivity contribution < 1.29 is 38.3 Å². The molecular weight excluding hydrogens is 525 g/mol. The number of likely N-dealkylation sites (N-methyl/N-ethyl adjacent to an activating group) is 1. The van der Waals surface area contributed by atoms with Crippen molar-refractivity contribution in [3.8, 4) is 12.3 Å². The normalized spacial score (nSPS) is 42.2. The molecule has 5 aliphatic rings. The van der Waals surface area contributed by atoms with E-state index >= 15 is 0 Å². The zero-order valence-corrected chi connectivity index (χ0v) is 22.3. The highest BCUT2D eigenvalue weighted by molar-refractivity contribution is 5.91. The molecule has 5 rings (SSSR count). The Morgan fingerprint density at radius 3 is 2.67 bits per heavy atom. The number of rotatable bonds is 2. The first-order valence-electron chi connectivity index (χ1n) is 12.4. The molecule has 5 heteroatoms. The highest BCUT2D eigenvalue weighted by Crippen LogP contribution is 2.68. The standard InChI is InChI=1S/C28H36NO3.HI/c1-5-28(32-25(31)19-7-6-16-29(4)18-19)15-12-24-22-9-8-20-17-21(30)10-13-26(20,2)23(22)11-14-27(24,28)3;/h1,6-7,17,22-24H,8-16,18H2,2-4H3;1H/q+1;/p-1/t22-,23+,24+,26+,27+,28+;/m1./s1. The first kappa shape index (κ1) is 24.9. The molecule has 1 aliphatic heterocycles. The molecule has 0 aromatic carbocycles. The fourth-order valence-electron chi connectivity index (χ4n) is 8.13. The van der Waals surface area contributed by atoms with E-state index in [1.165, 1.54) is 5.57 Å². The summed E-state index contributed by atoms with van der Waals surface area (Å²) in [5, 5.41) is 0. The molecule has 3 saturated carbocycles. The van der Waals surface area contributed by atoms with Crippen LogP contribution in [-0.4, -0.2) is 42.4 Å². The summed E-state index contributed by atoms with van der Waals surface area (Å²) in [6.45, 7) is 6.14. The first-order valence-corrected chi connectivity index (χ1v) is 12.4. The Labute approximate surface area is 216 Å². The van der Waals surface area contributed by atoms with Gasteiger partial charge >= 0.3 is 5.97 Å². The molecule has 0 saturated heterocycles. The summed E-state index contributed by atoms with van der Waals surface area (Å²) < 4.78 is 6.29. The highest BCUT2D eigenvalue weighted by atomic mass is 127. The zero-order valence-electron chi connectivity index (χ0n) is 20.2. The second-order valence-corrected chi connectivity index (χ2v) is 11.4. The lowest BCUT2D eigenvalue weighted by atomic mass is 9.46. The van der Waals surface area contributed by atoms with Crippen LogP contribution in [-0.2, 0) is 14.3 Å². The molecule has 4 nitrogen and oxygen atoms in total. The van der Waals surface area contributed by atoms with Crippen LogP contribution in [0.2, 0.25) is 0 Å². The molecule has 1 heterocycles. The van der Waals surface area contributed by atoms with Gasteiger partial charge in [0.05, 0.1) is 12.6 Å². The number of nitrogens with zero attached hydrogens (tertiary/aromatic N) is 1. The van der Waals surface area contributed by atoms with Gasteiger partial charge in [-0.1, -0.05) is 25.3 Å². The number of ketones is 1. The van der Waals surface area contributed by atoms with E-state index in [4.69, 9.17) is 11.2 Å². The maximum atomic E-state index is 13.2. The number of ether oxygens (including phenoxy) is 1. The molecule has 0 radical (unpaired) electrons. The molecule has 0 aromatic rings. The lowest BCUT2D eigenvalue weighted by Gasteiger charge is -2.58. The van der Waals surface area contributed by atoms with Crippen LogP contribution in [0.4, 0.5) is 0 Å². The number of terminal acetylenes is 1. The lowest BCUT2D eigenvalue weighted by Crippen LogP contribution is -3.00. The van der Waals surface area contributed by atoms with Gasteiger partial charge in [-0.3, -0.25) is 9.69 Å². The highest BCUT2D eigenvalue weighted by Gasteiger charge is 2.66. The minimum Gasteiger partial charge on any atom is -1.00 e. The van der Waals surface area contributed by atoms with Gasteiger partial charge in [-0.05, 0) is 81.2 Å². The van der Waals surface area contributed by atoms with Gasteiger partial charge in [-0.15, -0.1) is 6.42 Å². The SMILES string of the molecule is C#C[C@]1(OC(=O)[C+]2C=CCN(C)C2)CC[C@H]2[C@@H]3CCC4=CC(=O)CC[C@]4(C)[C@H]3CC[C@@]21C.[I-]. The average molecular weight is 562 g/mol. The Balaban J connectivity index is 0.00000259. The molecule has 0 unspecified atom stereocenters. The number of halogens is 1. The summed E-state index contributed by atoms with van der Waals surface area (Å²) in [4.78, 5) is 27.3. The maximum Gasteiger partial charge on any atom is 0.421 e. The third-order valence-corrected chi connectivity index (χ3v) is 10.0. The van der Waals surface area contributed by atoms with E-state index in [9.17, 15) is 9.59 Å². The van der Waals surface area contributed by atoms with Crippen LogP contribution >= 0.6 is 0 Å². The maximum absolute atomic E-state index is 13.2. The fourth-order valence-corrected chi connectivity index (χ4v) is 8.13. The van der Waals surface area contributed by atoms with Crippen molar-refractivity contribution in [2.75, 3.05) is 20.1 Å². The summed E-state index contributed by atoms with van der Waals surface area (Å²) in [6, 6.07) is 0. The van der Waals surface area contributed by atoms with Gasteiger partial charge in [0.2, 0.25) is 0 Å². The lowest BCUT2D eigenvalue weighted by molar-refractivity contribution is -0.169. The smallest absolute Gasteiger partial charge is 0.421 e. The molecule has 0 amide bonds. The van der Waals surface area contributed by atoms with Crippen LogP contribution in [0.25, 0.3) is 0 Å². The molecule has 4 aliphatic carbocycles. The van der Waals surface area contributed by atoms with E-state index < -0.39 is 5.60 Å². The van der Waals surface area contributed by atoms with Gasteiger partial charge < -0.3 is 28.7 Å². The molecule has 0 bridgehead atoms. The summed E-state index contributed by atoms with van der Waals surface area (Å²) >= 11 is 0.